The molecule has 0 aliphatic carbocycles. The van der Waals surface area contributed by atoms with Crippen LogP contribution in [0, 0.1) is 32.8 Å². The van der Waals surface area contributed by atoms with Crippen LogP contribution in [0.3, 0.4) is 0 Å². The zero-order valence-electron chi connectivity index (χ0n) is 19.1. The molecule has 1 saturated heterocycles. The minimum atomic E-state index is -0.831. The molecule has 1 fully saturated rings. The number of hydrogen-bond acceptors (Lipinski definition) is 4. The van der Waals surface area contributed by atoms with E-state index in [-0.39, 0.29) is 38.6 Å². The van der Waals surface area contributed by atoms with Crippen LogP contribution in [0.15, 0.2) is 42.5 Å². The Hall–Kier alpha value is -2.35. The van der Waals surface area contributed by atoms with Crippen LogP contribution < -0.4 is 5.43 Å². The fourth-order valence-electron chi connectivity index (χ4n) is 4.29. The Morgan fingerprint density at radius 1 is 1.15 bits per heavy atom. The van der Waals surface area contributed by atoms with Gasteiger partial charge in [0, 0.05) is 51.4 Å². The normalized spacial score (nSPS) is 16.2. The summed E-state index contributed by atoms with van der Waals surface area (Å²) < 4.78 is 1.82. The number of carboxylic acids is 1. The summed E-state index contributed by atoms with van der Waals surface area (Å²) in [5, 5.41) is 15.7. The monoisotopic (exact) mass is 520 g/mol. The van der Waals surface area contributed by atoms with Crippen molar-refractivity contribution in [3.63, 3.8) is 0 Å². The van der Waals surface area contributed by atoms with Crippen LogP contribution in [-0.2, 0) is 37.5 Å². The van der Waals surface area contributed by atoms with Crippen LogP contribution >= 0.6 is 0 Å². The second-order valence-electron chi connectivity index (χ2n) is 8.38. The molecule has 0 bridgehead atoms. The van der Waals surface area contributed by atoms with Crippen LogP contribution in [-0.4, -0.2) is 44.9 Å². The molecule has 0 spiro atoms. The van der Waals surface area contributed by atoms with Gasteiger partial charge in [-0.25, -0.2) is 9.69 Å². The molecule has 4 rings (SSSR count). The number of piperidine rings is 1. The molecule has 8 heteroatoms. The zero-order valence-corrected chi connectivity index (χ0v) is 22.0. The van der Waals surface area contributed by atoms with E-state index in [0.717, 1.165) is 40.1 Å². The molecule has 1 amide bonds. The maximum atomic E-state index is 13.2. The molecule has 1 aliphatic rings. The number of aromatic nitrogens is 2. The van der Waals surface area contributed by atoms with Gasteiger partial charge >= 0.3 is 5.97 Å². The molecule has 7 nitrogen and oxygen atoms in total. The van der Waals surface area contributed by atoms with Crippen molar-refractivity contribution in [3.8, 4) is 16.9 Å². The summed E-state index contributed by atoms with van der Waals surface area (Å²) in [4.78, 5) is 24.6. The summed E-state index contributed by atoms with van der Waals surface area (Å²) >= 11 is 0. The number of nitrogens with zero attached hydrogens (tertiary/aromatic N) is 3. The predicted octanol–water partition coefficient (Wildman–Crippen LogP) is 3.70. The SMILES string of the molecule is Cc1ccc(-n2nc(C(=O)NN3CCCC(C(=O)O)C3)c(C)c2-c2cc[c-]cc2)c(C)c1.[Y]. The minimum absolute atomic E-state index is 0. The zero-order chi connectivity index (χ0) is 22.8. The topological polar surface area (TPSA) is 87.5 Å². The summed E-state index contributed by atoms with van der Waals surface area (Å²) in [5.41, 5.74) is 8.87. The van der Waals surface area contributed by atoms with Gasteiger partial charge in [-0.3, -0.25) is 15.0 Å². The average molecular weight is 520 g/mol. The quantitative estimate of drug-likeness (QED) is 0.501. The van der Waals surface area contributed by atoms with Gasteiger partial charge in [0.05, 0.1) is 17.3 Å². The van der Waals surface area contributed by atoms with Crippen LogP contribution in [0.2, 0.25) is 0 Å². The van der Waals surface area contributed by atoms with Gasteiger partial charge in [-0.1, -0.05) is 17.7 Å². The number of carbonyl (C=O) groups is 2. The number of hydrazine groups is 1. The Labute approximate surface area is 219 Å². The van der Waals surface area contributed by atoms with E-state index in [0.29, 0.717) is 25.2 Å². The van der Waals surface area contributed by atoms with Crippen molar-refractivity contribution in [1.82, 2.24) is 20.2 Å². The third-order valence-corrected chi connectivity index (χ3v) is 5.94. The van der Waals surface area contributed by atoms with E-state index in [1.54, 1.807) is 5.01 Å². The number of hydrogen-bond donors (Lipinski definition) is 2. The van der Waals surface area contributed by atoms with Crippen LogP contribution in [0.4, 0.5) is 0 Å². The fraction of sp³-hybridized carbons (Fsp3) is 0.320. The van der Waals surface area contributed by atoms with Gasteiger partial charge in [-0.15, -0.1) is 5.56 Å². The van der Waals surface area contributed by atoms with Crippen LogP contribution in [0.5, 0.6) is 0 Å². The minimum Gasteiger partial charge on any atom is -0.481 e. The molecule has 2 aromatic carbocycles. The number of carbonyl (C=O) groups excluding carboxylic acids is 1. The van der Waals surface area contributed by atoms with E-state index in [4.69, 9.17) is 5.10 Å². The van der Waals surface area contributed by atoms with Gasteiger partial charge in [0.1, 0.15) is 0 Å². The molecule has 0 saturated carbocycles. The predicted molar refractivity (Wildman–Crippen MR) is 121 cm³/mol. The number of nitrogens with one attached hydrogen (secondary N) is 1. The second kappa shape index (κ2) is 10.7. The van der Waals surface area contributed by atoms with E-state index in [1.165, 1.54) is 0 Å². The maximum absolute atomic E-state index is 13.2. The van der Waals surface area contributed by atoms with E-state index >= 15 is 0 Å². The fourth-order valence-corrected chi connectivity index (χ4v) is 4.29. The Balaban J connectivity index is 0.00000306. The molecule has 1 radical (unpaired) electrons. The number of carboxylic acid groups (broad SMARTS) is 1. The van der Waals surface area contributed by atoms with Gasteiger partial charge in [-0.2, -0.15) is 35.4 Å². The van der Waals surface area contributed by atoms with E-state index in [9.17, 15) is 14.7 Å². The molecule has 33 heavy (non-hydrogen) atoms. The number of amides is 1. The first kappa shape index (κ1) is 25.3. The van der Waals surface area contributed by atoms with E-state index in [1.807, 2.05) is 61.9 Å². The Bertz CT molecular complexity index is 1160. The van der Waals surface area contributed by atoms with Crippen LogP contribution in [0.1, 0.15) is 40.0 Å². The Morgan fingerprint density at radius 2 is 1.88 bits per heavy atom. The third-order valence-electron chi connectivity index (χ3n) is 5.94. The summed E-state index contributed by atoms with van der Waals surface area (Å²) in [6, 6.07) is 16.8. The van der Waals surface area contributed by atoms with E-state index in [2.05, 4.69) is 17.6 Å². The number of aliphatic carboxylic acids is 1. The molecule has 3 aromatic rings. The number of rotatable bonds is 5. The smallest absolute Gasteiger partial charge is 0.307 e. The van der Waals surface area contributed by atoms with Gasteiger partial charge in [0.25, 0.3) is 5.91 Å². The molecule has 1 aromatic heterocycles. The molecule has 1 atom stereocenters. The first-order chi connectivity index (χ1) is 15.3. The van der Waals surface area contributed by atoms with Crippen LogP contribution in [0.25, 0.3) is 16.9 Å². The second-order valence-corrected chi connectivity index (χ2v) is 8.38. The van der Waals surface area contributed by atoms with Gasteiger partial charge in [0.2, 0.25) is 0 Å². The molecule has 1 aliphatic heterocycles. The Morgan fingerprint density at radius 3 is 2.55 bits per heavy atom. The number of aryl methyl sites for hydroxylation is 2. The molecular weight excluding hydrogens is 493 g/mol. The van der Waals surface area contributed by atoms with Crippen molar-refractivity contribution in [2.24, 2.45) is 5.92 Å². The van der Waals surface area contributed by atoms with Crippen molar-refractivity contribution < 1.29 is 47.4 Å². The first-order valence-corrected chi connectivity index (χ1v) is 10.8. The largest absolute Gasteiger partial charge is 0.481 e. The van der Waals surface area contributed by atoms with Crippen molar-refractivity contribution in [2.75, 3.05) is 13.1 Å². The van der Waals surface area contributed by atoms with Gasteiger partial charge < -0.3 is 5.11 Å². The molecular formula is C25H27N4O3Y-. The van der Waals surface area contributed by atoms with Crippen molar-refractivity contribution in [3.05, 3.63) is 70.9 Å². The van der Waals surface area contributed by atoms with Crippen molar-refractivity contribution in [1.29, 1.82) is 0 Å². The Kier molecular flexibility index (Phi) is 8.21. The average Bonchev–Trinajstić information content (AvgIpc) is 3.11. The summed E-state index contributed by atoms with van der Waals surface area (Å²) in [6.07, 6.45) is 1.34. The van der Waals surface area contributed by atoms with Crippen molar-refractivity contribution in [2.45, 2.75) is 33.6 Å². The summed E-state index contributed by atoms with van der Waals surface area (Å²) in [6.45, 7) is 6.87. The summed E-state index contributed by atoms with van der Waals surface area (Å²) in [7, 11) is 0. The molecule has 2 N–H and O–H groups in total. The first-order valence-electron chi connectivity index (χ1n) is 10.8. The maximum Gasteiger partial charge on any atom is 0.307 e. The molecule has 1 unspecified atom stereocenters. The van der Waals surface area contributed by atoms with Gasteiger partial charge in [-0.05, 0) is 45.2 Å². The standard InChI is InChI=1S/C25H27N4O3.Y/c1-16-11-12-21(17(2)14-16)29-23(19-8-5-4-6-9-19)18(3)22(26-29)24(30)27-28-13-7-10-20(15-28)25(31)32;/h5-6,8-9,11-12,14,20H,7,10,13,15H2,1-3H3,(H,27,30)(H,31,32);/q-1;. The summed E-state index contributed by atoms with van der Waals surface area (Å²) in [5.74, 6) is -1.64. The molecule has 169 valence electrons. The van der Waals surface area contributed by atoms with E-state index < -0.39 is 11.9 Å². The number of benzene rings is 2. The third kappa shape index (κ3) is 5.43. The van der Waals surface area contributed by atoms with Crippen molar-refractivity contribution >= 4 is 11.9 Å². The molecule has 2 heterocycles. The van der Waals surface area contributed by atoms with Gasteiger partial charge in [0.15, 0.2) is 5.69 Å².